The normalized spacial score (nSPS) is 10.6. The fraction of sp³-hybridized carbons (Fsp3) is 0.167. The number of hydrogen-bond acceptors (Lipinski definition) is 7. The highest BCUT2D eigenvalue weighted by Crippen LogP contribution is 2.34. The highest BCUT2D eigenvalue weighted by atomic mass is 32.2. The third-order valence-electron chi connectivity index (χ3n) is 3.64. The van der Waals surface area contributed by atoms with Crippen LogP contribution in [0.25, 0.3) is 10.6 Å². The van der Waals surface area contributed by atoms with Crippen LogP contribution in [0.2, 0.25) is 0 Å². The molecule has 0 unspecified atom stereocenters. The van der Waals surface area contributed by atoms with Gasteiger partial charge in [-0.05, 0) is 42.5 Å². The van der Waals surface area contributed by atoms with E-state index in [1.165, 1.54) is 6.07 Å². The Hall–Kier alpha value is -2.65. The van der Waals surface area contributed by atoms with Crippen LogP contribution in [0, 0.1) is 18.3 Å². The molecular formula is C18H16FN5OS2. The zero-order valence-electron chi connectivity index (χ0n) is 14.6. The van der Waals surface area contributed by atoms with E-state index in [0.29, 0.717) is 5.01 Å². The maximum atomic E-state index is 14.3. The molecule has 0 saturated heterocycles. The number of hydrogen-bond donors (Lipinski definition) is 2. The lowest BCUT2D eigenvalue weighted by Gasteiger charge is -2.10. The van der Waals surface area contributed by atoms with Crippen molar-refractivity contribution in [2.75, 3.05) is 11.1 Å². The molecule has 0 aliphatic heterocycles. The van der Waals surface area contributed by atoms with Crippen molar-refractivity contribution in [2.45, 2.75) is 18.7 Å². The number of thioether (sulfide) groups is 1. The number of aryl methyl sites for hydroxylation is 1. The lowest BCUT2D eigenvalue weighted by Crippen LogP contribution is -2.12. The highest BCUT2D eigenvalue weighted by Gasteiger charge is 2.21. The van der Waals surface area contributed by atoms with Gasteiger partial charge in [-0.15, -0.1) is 28.2 Å². The van der Waals surface area contributed by atoms with Gasteiger partial charge in [0.2, 0.25) is 0 Å². The number of carbonyl (C=O) groups excluding carboxylic acids is 1. The van der Waals surface area contributed by atoms with E-state index in [4.69, 9.17) is 5.53 Å². The second-order valence-corrected chi connectivity index (χ2v) is 7.81. The van der Waals surface area contributed by atoms with Crippen LogP contribution >= 0.6 is 23.1 Å². The SMILES string of the molecule is CCSc1cc(NC(=O)c2sc(-c3cccnc3)nc2N=N)c(F)cc1C. The van der Waals surface area contributed by atoms with Crippen LogP contribution in [0.5, 0.6) is 0 Å². The molecule has 0 fully saturated rings. The third kappa shape index (κ3) is 4.20. The molecule has 0 radical (unpaired) electrons. The molecule has 2 N–H and O–H groups in total. The monoisotopic (exact) mass is 401 g/mol. The van der Waals surface area contributed by atoms with Gasteiger partial charge in [0.05, 0.1) is 5.69 Å². The molecular weight excluding hydrogens is 385 g/mol. The van der Waals surface area contributed by atoms with Crippen LogP contribution in [0.4, 0.5) is 15.9 Å². The number of benzene rings is 1. The van der Waals surface area contributed by atoms with E-state index in [-0.39, 0.29) is 16.4 Å². The Labute approximate surface area is 163 Å². The molecule has 0 aliphatic carbocycles. The molecule has 9 heteroatoms. The predicted molar refractivity (Wildman–Crippen MR) is 106 cm³/mol. The molecule has 3 rings (SSSR count). The number of thiazole rings is 1. The maximum absolute atomic E-state index is 14.3. The van der Waals surface area contributed by atoms with E-state index in [9.17, 15) is 9.18 Å². The van der Waals surface area contributed by atoms with Gasteiger partial charge >= 0.3 is 0 Å². The summed E-state index contributed by atoms with van der Waals surface area (Å²) in [6, 6.07) is 6.58. The van der Waals surface area contributed by atoms with Crippen molar-refractivity contribution in [3.63, 3.8) is 0 Å². The summed E-state index contributed by atoms with van der Waals surface area (Å²) in [6.45, 7) is 3.83. The summed E-state index contributed by atoms with van der Waals surface area (Å²) in [5.74, 6) is -0.232. The van der Waals surface area contributed by atoms with Crippen molar-refractivity contribution in [1.82, 2.24) is 9.97 Å². The van der Waals surface area contributed by atoms with Gasteiger partial charge in [0, 0.05) is 22.9 Å². The number of nitrogens with one attached hydrogen (secondary N) is 2. The Morgan fingerprint density at radius 2 is 2.26 bits per heavy atom. The van der Waals surface area contributed by atoms with Crippen LogP contribution < -0.4 is 5.32 Å². The van der Waals surface area contributed by atoms with Gasteiger partial charge in [-0.3, -0.25) is 9.78 Å². The second-order valence-electron chi connectivity index (χ2n) is 5.51. The number of aromatic nitrogens is 2. The zero-order valence-corrected chi connectivity index (χ0v) is 16.2. The molecule has 0 aliphatic rings. The van der Waals surface area contributed by atoms with Crippen LogP contribution in [0.15, 0.2) is 46.7 Å². The van der Waals surface area contributed by atoms with Crippen LogP contribution in [0.3, 0.4) is 0 Å². The molecule has 6 nitrogen and oxygen atoms in total. The predicted octanol–water partition coefficient (Wildman–Crippen LogP) is 5.68. The number of anilines is 1. The lowest BCUT2D eigenvalue weighted by atomic mass is 10.2. The summed E-state index contributed by atoms with van der Waals surface area (Å²) >= 11 is 2.66. The number of halogens is 1. The summed E-state index contributed by atoms with van der Waals surface area (Å²) < 4.78 is 14.3. The first kappa shape index (κ1) is 19.1. The fourth-order valence-electron chi connectivity index (χ4n) is 2.39. The van der Waals surface area contributed by atoms with Gasteiger partial charge in [0.15, 0.2) is 5.82 Å². The minimum atomic E-state index is -0.552. The maximum Gasteiger partial charge on any atom is 0.269 e. The van der Waals surface area contributed by atoms with Crippen LogP contribution in [-0.2, 0) is 0 Å². The second kappa shape index (κ2) is 8.36. The van der Waals surface area contributed by atoms with Crippen molar-refractivity contribution in [3.05, 3.63) is 52.9 Å². The summed E-state index contributed by atoms with van der Waals surface area (Å²) in [6.07, 6.45) is 3.24. The minimum Gasteiger partial charge on any atom is -0.319 e. The molecule has 27 heavy (non-hydrogen) atoms. The third-order valence-corrected chi connectivity index (χ3v) is 5.77. The Bertz CT molecular complexity index is 991. The number of pyridine rings is 1. The number of amides is 1. The number of nitrogens with zero attached hydrogens (tertiary/aromatic N) is 3. The molecule has 0 atom stereocenters. The van der Waals surface area contributed by atoms with Gasteiger partial charge < -0.3 is 5.32 Å². The number of carbonyl (C=O) groups is 1. The Kier molecular flexibility index (Phi) is 5.92. The van der Waals surface area contributed by atoms with Crippen LogP contribution in [-0.4, -0.2) is 21.6 Å². The zero-order chi connectivity index (χ0) is 19.4. The first-order valence-electron chi connectivity index (χ1n) is 8.06. The average Bonchev–Trinajstić information content (AvgIpc) is 3.11. The summed E-state index contributed by atoms with van der Waals surface area (Å²) in [5, 5.41) is 6.43. The molecule has 1 amide bonds. The van der Waals surface area contributed by atoms with Crippen molar-refractivity contribution >= 4 is 40.5 Å². The quantitative estimate of drug-likeness (QED) is 0.411. The van der Waals surface area contributed by atoms with Crippen molar-refractivity contribution in [2.24, 2.45) is 5.11 Å². The molecule has 3 aromatic rings. The Morgan fingerprint density at radius 1 is 1.44 bits per heavy atom. The van der Waals surface area contributed by atoms with Crippen molar-refractivity contribution in [3.8, 4) is 10.6 Å². The fourth-order valence-corrected chi connectivity index (χ4v) is 4.08. The molecule has 1 aromatic carbocycles. The van der Waals surface area contributed by atoms with E-state index in [2.05, 4.69) is 20.4 Å². The summed E-state index contributed by atoms with van der Waals surface area (Å²) in [4.78, 5) is 22.0. The standard InChI is InChI=1S/C18H16FN5OS2/c1-3-26-14-8-13(12(19)7-10(14)2)22-17(25)15-16(24-20)23-18(27-15)11-5-4-6-21-9-11/h4-9,20H,3H2,1-2H3,(H,22,25). The van der Waals surface area contributed by atoms with E-state index in [1.807, 2.05) is 13.8 Å². The Balaban J connectivity index is 1.92. The van der Waals surface area contributed by atoms with Gasteiger partial charge in [-0.25, -0.2) is 14.9 Å². The Morgan fingerprint density at radius 3 is 2.93 bits per heavy atom. The van der Waals surface area contributed by atoms with Gasteiger partial charge in [-0.1, -0.05) is 6.92 Å². The highest BCUT2D eigenvalue weighted by molar-refractivity contribution is 7.99. The van der Waals surface area contributed by atoms with Crippen LogP contribution in [0.1, 0.15) is 22.2 Å². The topological polar surface area (TPSA) is 91.1 Å². The molecule has 0 bridgehead atoms. The number of rotatable bonds is 6. The van der Waals surface area contributed by atoms with Crippen molar-refractivity contribution in [1.29, 1.82) is 5.53 Å². The average molecular weight is 401 g/mol. The smallest absolute Gasteiger partial charge is 0.269 e. The lowest BCUT2D eigenvalue weighted by molar-refractivity contribution is 0.103. The molecule has 2 aromatic heterocycles. The molecule has 0 saturated carbocycles. The summed E-state index contributed by atoms with van der Waals surface area (Å²) in [7, 11) is 0. The van der Waals surface area contributed by atoms with Gasteiger partial charge in [0.25, 0.3) is 5.91 Å². The van der Waals surface area contributed by atoms with E-state index >= 15 is 0 Å². The minimum absolute atomic E-state index is 0.00738. The largest absolute Gasteiger partial charge is 0.319 e. The summed E-state index contributed by atoms with van der Waals surface area (Å²) in [5.41, 5.74) is 8.91. The molecule has 2 heterocycles. The van der Waals surface area contributed by atoms with E-state index in [1.54, 1.807) is 42.4 Å². The first-order chi connectivity index (χ1) is 13.0. The van der Waals surface area contributed by atoms with Gasteiger partial charge in [-0.2, -0.15) is 0 Å². The van der Waals surface area contributed by atoms with E-state index in [0.717, 1.165) is 33.1 Å². The van der Waals surface area contributed by atoms with Crippen molar-refractivity contribution < 1.29 is 9.18 Å². The molecule has 0 spiro atoms. The van der Waals surface area contributed by atoms with E-state index < -0.39 is 11.7 Å². The first-order valence-corrected chi connectivity index (χ1v) is 9.86. The molecule has 138 valence electrons. The van der Waals surface area contributed by atoms with Gasteiger partial charge in [0.1, 0.15) is 15.7 Å².